The van der Waals surface area contributed by atoms with E-state index in [1.807, 2.05) is 59.1 Å². The molecule has 1 aliphatic carbocycles. The molecule has 2 aromatic heterocycles. The average Bonchev–Trinajstić information content (AvgIpc) is 3.52. The van der Waals surface area contributed by atoms with Crippen molar-refractivity contribution in [2.45, 2.75) is 146 Å². The van der Waals surface area contributed by atoms with Gasteiger partial charge >= 0.3 is 0 Å². The molecule has 0 bridgehead atoms. The molecule has 5 aromatic rings. The first-order valence-corrected chi connectivity index (χ1v) is 21.6. The molecule has 0 aliphatic heterocycles. The molecular weight excluding hydrogens is 883 g/mol. The van der Waals surface area contributed by atoms with E-state index in [0.29, 0.717) is 11.3 Å². The third-order valence-corrected chi connectivity index (χ3v) is 14.6. The SMILES string of the molecule is CCC(C)(CC)C(=O)/C=C(\O)C(C)(CC)CC.Cc1c(-c2ccc(C3CCC(C)(C)CC3)cc2)sc2c(-c3[c-]c4ccccc4c(C(C)(C)C)c3)nccc12.[Ir]. The van der Waals surface area contributed by atoms with E-state index in [-0.39, 0.29) is 47.9 Å². The van der Waals surface area contributed by atoms with Gasteiger partial charge in [-0.15, -0.1) is 40.5 Å². The van der Waals surface area contributed by atoms with E-state index in [1.54, 1.807) is 0 Å². The Morgan fingerprint density at radius 3 is 2.04 bits per heavy atom. The monoisotopic (exact) mass is 949 g/mol. The van der Waals surface area contributed by atoms with Crippen LogP contribution in [0.5, 0.6) is 0 Å². The van der Waals surface area contributed by atoms with Gasteiger partial charge in [0.1, 0.15) is 5.76 Å². The Morgan fingerprint density at radius 2 is 1.46 bits per heavy atom. The number of thiophene rings is 1. The summed E-state index contributed by atoms with van der Waals surface area (Å²) in [6, 6.07) is 26.3. The molecule has 0 atom stereocenters. The number of nitrogens with zero attached hydrogens (tertiary/aromatic N) is 1. The van der Waals surface area contributed by atoms with Gasteiger partial charge in [0.25, 0.3) is 0 Å². The summed E-state index contributed by atoms with van der Waals surface area (Å²) in [5.74, 6) is 0.991. The molecule has 5 heteroatoms. The third kappa shape index (κ3) is 9.77. The minimum absolute atomic E-state index is 0. The van der Waals surface area contributed by atoms with Gasteiger partial charge in [-0.25, -0.2) is 0 Å². The number of hydrogen-bond acceptors (Lipinski definition) is 4. The number of aromatic nitrogens is 1. The Bertz CT molecular complexity index is 2130. The zero-order chi connectivity index (χ0) is 40.3. The molecule has 0 amide bonds. The topological polar surface area (TPSA) is 50.2 Å². The molecule has 303 valence electrons. The summed E-state index contributed by atoms with van der Waals surface area (Å²) in [5, 5.41) is 13.9. The van der Waals surface area contributed by atoms with Gasteiger partial charge in [-0.1, -0.05) is 130 Å². The van der Waals surface area contributed by atoms with E-state index in [4.69, 9.17) is 4.98 Å². The van der Waals surface area contributed by atoms with Crippen molar-refractivity contribution in [3.63, 3.8) is 0 Å². The van der Waals surface area contributed by atoms with Crippen molar-refractivity contribution >= 4 is 38.0 Å². The molecule has 1 N–H and O–H groups in total. The zero-order valence-electron chi connectivity index (χ0n) is 36.2. The minimum Gasteiger partial charge on any atom is -0.512 e. The molecule has 3 aromatic carbocycles. The van der Waals surface area contributed by atoms with Crippen LogP contribution in [0.3, 0.4) is 0 Å². The Kier molecular flexibility index (Phi) is 14.8. The first kappa shape index (κ1) is 45.6. The molecule has 6 rings (SSSR count). The van der Waals surface area contributed by atoms with Gasteiger partial charge < -0.3 is 5.11 Å². The summed E-state index contributed by atoms with van der Waals surface area (Å²) >= 11 is 1.88. The Hall–Kier alpha value is -3.11. The van der Waals surface area contributed by atoms with Gasteiger partial charge in [0.05, 0.1) is 0 Å². The number of pyridine rings is 1. The maximum Gasteiger partial charge on any atom is 0.164 e. The maximum atomic E-state index is 12.2. The van der Waals surface area contributed by atoms with E-state index >= 15 is 0 Å². The van der Waals surface area contributed by atoms with E-state index in [0.717, 1.165) is 42.3 Å². The van der Waals surface area contributed by atoms with Crippen LogP contribution < -0.4 is 0 Å². The standard InChI is InChI=1S/C36H38NS.C15H28O2.Ir/c1-23-29-17-20-37-32(28-21-27-9-7-8-10-30(27)31(22-28)35(2,3)4)34(29)38-33(23)26-13-11-24(12-14-26)25-15-18-36(5,6)19-16-25;1-7-14(5,8-2)12(16)11-13(17)15(6,9-3)10-4;/h7-14,17,20,22,25H,15-16,18-19H2,1-6H3;11,16H,7-10H2,1-6H3;/q-1;;/b;12-11-;. The number of hydrogen-bond donors (Lipinski definition) is 1. The van der Waals surface area contributed by atoms with Crippen LogP contribution in [0.15, 0.2) is 78.7 Å². The van der Waals surface area contributed by atoms with Crippen LogP contribution in [0.4, 0.5) is 0 Å². The number of aliphatic hydroxyl groups is 1. The second kappa shape index (κ2) is 18.2. The Labute approximate surface area is 356 Å². The van der Waals surface area contributed by atoms with Gasteiger partial charge in [0.2, 0.25) is 0 Å². The molecule has 3 nitrogen and oxygen atoms in total. The first-order valence-electron chi connectivity index (χ1n) is 20.8. The summed E-state index contributed by atoms with van der Waals surface area (Å²) < 4.78 is 1.25. The molecule has 1 fully saturated rings. The van der Waals surface area contributed by atoms with Crippen LogP contribution in [0, 0.1) is 29.2 Å². The normalized spacial score (nSPS) is 15.3. The van der Waals surface area contributed by atoms with Gasteiger partial charge in [-0.3, -0.25) is 9.78 Å². The maximum absolute atomic E-state index is 12.2. The molecule has 0 unspecified atom stereocenters. The van der Waals surface area contributed by atoms with Crippen LogP contribution in [0.1, 0.15) is 150 Å². The predicted molar refractivity (Wildman–Crippen MR) is 238 cm³/mol. The number of benzene rings is 3. The van der Waals surface area contributed by atoms with Gasteiger partial charge in [0.15, 0.2) is 5.78 Å². The van der Waals surface area contributed by atoms with Crippen molar-refractivity contribution in [2.75, 3.05) is 0 Å². The number of rotatable bonds is 10. The number of carbonyl (C=O) groups excluding carboxylic acids is 1. The quantitative estimate of drug-likeness (QED) is 0.0862. The molecule has 2 heterocycles. The van der Waals surface area contributed by atoms with Crippen molar-refractivity contribution in [3.05, 3.63) is 101 Å². The van der Waals surface area contributed by atoms with Gasteiger partial charge in [-0.05, 0) is 103 Å². The van der Waals surface area contributed by atoms with Crippen LogP contribution in [-0.4, -0.2) is 15.9 Å². The number of aliphatic hydroxyl groups excluding tert-OH is 1. The van der Waals surface area contributed by atoms with Crippen LogP contribution in [-0.2, 0) is 30.3 Å². The summed E-state index contributed by atoms with van der Waals surface area (Å²) in [7, 11) is 0. The fourth-order valence-corrected chi connectivity index (χ4v) is 9.23. The minimum atomic E-state index is -0.337. The summed E-state index contributed by atoms with van der Waals surface area (Å²) in [4.78, 5) is 18.5. The fraction of sp³-hybridized carbons (Fsp3) is 0.490. The van der Waals surface area contributed by atoms with Crippen LogP contribution >= 0.6 is 11.3 Å². The number of fused-ring (bicyclic) bond motifs is 2. The van der Waals surface area contributed by atoms with E-state index in [2.05, 4.69) is 108 Å². The molecule has 56 heavy (non-hydrogen) atoms. The summed E-state index contributed by atoms with van der Waals surface area (Å²) in [5.41, 5.74) is 7.57. The first-order chi connectivity index (χ1) is 25.9. The van der Waals surface area contributed by atoms with Crippen LogP contribution in [0.25, 0.3) is 42.6 Å². The van der Waals surface area contributed by atoms with Crippen molar-refractivity contribution in [1.82, 2.24) is 4.98 Å². The van der Waals surface area contributed by atoms with E-state index in [9.17, 15) is 9.90 Å². The molecular formula is C51H66IrNO2S-. The summed E-state index contributed by atoms with van der Waals surface area (Å²) in [6.07, 6.45) is 12.0. The summed E-state index contributed by atoms with van der Waals surface area (Å²) in [6.45, 7) is 26.0. The largest absolute Gasteiger partial charge is 0.512 e. The Balaban J connectivity index is 0.000000330. The smallest absolute Gasteiger partial charge is 0.164 e. The molecule has 1 radical (unpaired) electrons. The Morgan fingerprint density at radius 1 is 0.875 bits per heavy atom. The average molecular weight is 949 g/mol. The second-order valence-electron chi connectivity index (χ2n) is 18.5. The second-order valence-corrected chi connectivity index (χ2v) is 19.5. The molecule has 0 saturated heterocycles. The van der Waals surface area contributed by atoms with Crippen molar-refractivity contribution in [1.29, 1.82) is 0 Å². The van der Waals surface area contributed by atoms with Crippen LogP contribution in [0.2, 0.25) is 0 Å². The molecule has 0 spiro atoms. The van der Waals surface area contributed by atoms with E-state index < -0.39 is 0 Å². The number of aryl methyl sites for hydroxylation is 1. The number of ketones is 1. The number of allylic oxidation sites excluding steroid dienone is 2. The van der Waals surface area contributed by atoms with Crippen molar-refractivity contribution in [3.8, 4) is 21.7 Å². The predicted octanol–water partition coefficient (Wildman–Crippen LogP) is 15.5. The fourth-order valence-electron chi connectivity index (χ4n) is 7.92. The van der Waals surface area contributed by atoms with Gasteiger partial charge in [0, 0.05) is 58.5 Å². The molecule has 1 aliphatic rings. The van der Waals surface area contributed by atoms with Crippen molar-refractivity contribution < 1.29 is 30.0 Å². The van der Waals surface area contributed by atoms with E-state index in [1.165, 1.54) is 74.4 Å². The number of carbonyl (C=O) groups is 1. The molecule has 1 saturated carbocycles. The third-order valence-electron chi connectivity index (χ3n) is 13.3. The van der Waals surface area contributed by atoms with Gasteiger partial charge in [-0.2, -0.15) is 0 Å². The van der Waals surface area contributed by atoms with Crippen molar-refractivity contribution in [2.24, 2.45) is 16.2 Å². The zero-order valence-corrected chi connectivity index (χ0v) is 39.4.